The zero-order valence-electron chi connectivity index (χ0n) is 9.40. The fourth-order valence-electron chi connectivity index (χ4n) is 1.45. The fraction of sp³-hybridized carbons (Fsp3) is 0.182. The predicted octanol–water partition coefficient (Wildman–Crippen LogP) is 0.776. The number of nitrogens with one attached hydrogen (secondary N) is 3. The molecule has 2 heterocycles. The first kappa shape index (κ1) is 11.1. The van der Waals surface area contributed by atoms with E-state index < -0.39 is 0 Å². The number of anilines is 1. The number of hydrogen-bond donors (Lipinski definition) is 3. The van der Waals surface area contributed by atoms with Gasteiger partial charge in [0.15, 0.2) is 0 Å². The van der Waals surface area contributed by atoms with Gasteiger partial charge in [-0.2, -0.15) is 5.10 Å². The first-order valence-electron chi connectivity index (χ1n) is 5.19. The summed E-state index contributed by atoms with van der Waals surface area (Å²) in [6, 6.07) is 1.76. The maximum Gasteiger partial charge on any atom is 0.255 e. The van der Waals surface area contributed by atoms with Crippen molar-refractivity contribution in [2.75, 3.05) is 12.4 Å². The molecule has 2 aromatic heterocycles. The third kappa shape index (κ3) is 2.60. The van der Waals surface area contributed by atoms with Gasteiger partial charge in [-0.3, -0.25) is 14.9 Å². The standard InChI is InChI=1S/C11H13N5O/c1-12-10-2-3-13-7-9(10)11(17)14-4-8-5-15-16-6-8/h2-3,5-7H,4H2,1H3,(H,12,13)(H,14,17)(H,15,16). The predicted molar refractivity (Wildman–Crippen MR) is 63.5 cm³/mol. The summed E-state index contributed by atoms with van der Waals surface area (Å²) < 4.78 is 0. The highest BCUT2D eigenvalue weighted by atomic mass is 16.1. The Kier molecular flexibility index (Phi) is 3.34. The minimum absolute atomic E-state index is 0.163. The number of carbonyl (C=O) groups excluding carboxylic acids is 1. The maximum absolute atomic E-state index is 11.9. The quantitative estimate of drug-likeness (QED) is 0.726. The Morgan fingerprint density at radius 1 is 1.47 bits per heavy atom. The van der Waals surface area contributed by atoms with Crippen LogP contribution in [0.5, 0.6) is 0 Å². The Bertz CT molecular complexity index is 494. The van der Waals surface area contributed by atoms with Crippen LogP contribution in [0.1, 0.15) is 15.9 Å². The number of hydrogen-bond acceptors (Lipinski definition) is 4. The van der Waals surface area contributed by atoms with Crippen LogP contribution in [0.15, 0.2) is 30.9 Å². The molecule has 2 rings (SSSR count). The molecule has 1 amide bonds. The van der Waals surface area contributed by atoms with Crippen molar-refractivity contribution in [3.05, 3.63) is 42.0 Å². The summed E-state index contributed by atoms with van der Waals surface area (Å²) in [4.78, 5) is 15.8. The second kappa shape index (κ2) is 5.11. The number of carbonyl (C=O) groups is 1. The third-order valence-electron chi connectivity index (χ3n) is 2.34. The lowest BCUT2D eigenvalue weighted by Gasteiger charge is -2.08. The molecular formula is C11H13N5O. The summed E-state index contributed by atoms with van der Waals surface area (Å²) in [6.07, 6.45) is 6.58. The van der Waals surface area contributed by atoms with Gasteiger partial charge in [-0.15, -0.1) is 0 Å². The number of aromatic amines is 1. The van der Waals surface area contributed by atoms with Crippen molar-refractivity contribution >= 4 is 11.6 Å². The van der Waals surface area contributed by atoms with E-state index in [1.165, 1.54) is 6.20 Å². The summed E-state index contributed by atoms with van der Waals surface area (Å²) in [7, 11) is 1.77. The summed E-state index contributed by atoms with van der Waals surface area (Å²) in [5.41, 5.74) is 2.21. The van der Waals surface area contributed by atoms with E-state index in [1.807, 2.05) is 0 Å². The van der Waals surface area contributed by atoms with Gasteiger partial charge in [-0.1, -0.05) is 0 Å². The smallest absolute Gasteiger partial charge is 0.255 e. The van der Waals surface area contributed by atoms with E-state index in [2.05, 4.69) is 25.8 Å². The van der Waals surface area contributed by atoms with Crippen LogP contribution in [-0.4, -0.2) is 28.1 Å². The first-order chi connectivity index (χ1) is 8.31. The van der Waals surface area contributed by atoms with Gasteiger partial charge in [0, 0.05) is 43.4 Å². The normalized spacial score (nSPS) is 9.94. The van der Waals surface area contributed by atoms with E-state index in [-0.39, 0.29) is 5.91 Å². The lowest BCUT2D eigenvalue weighted by molar-refractivity contribution is 0.0951. The largest absolute Gasteiger partial charge is 0.387 e. The van der Waals surface area contributed by atoms with Gasteiger partial charge in [-0.05, 0) is 6.07 Å². The Labute approximate surface area is 98.5 Å². The minimum Gasteiger partial charge on any atom is -0.387 e. The Morgan fingerprint density at radius 2 is 2.35 bits per heavy atom. The van der Waals surface area contributed by atoms with Gasteiger partial charge in [0.2, 0.25) is 0 Å². The average Bonchev–Trinajstić information content (AvgIpc) is 2.89. The second-order valence-corrected chi connectivity index (χ2v) is 3.46. The maximum atomic E-state index is 11.9. The summed E-state index contributed by atoms with van der Waals surface area (Å²) in [5.74, 6) is -0.163. The minimum atomic E-state index is -0.163. The zero-order valence-corrected chi connectivity index (χ0v) is 9.40. The van der Waals surface area contributed by atoms with Crippen LogP contribution in [-0.2, 0) is 6.54 Å². The van der Waals surface area contributed by atoms with Crippen LogP contribution in [0.4, 0.5) is 5.69 Å². The molecule has 2 aromatic rings. The van der Waals surface area contributed by atoms with Gasteiger partial charge < -0.3 is 10.6 Å². The number of pyridine rings is 1. The van der Waals surface area contributed by atoms with Crippen molar-refractivity contribution in [2.45, 2.75) is 6.54 Å². The topological polar surface area (TPSA) is 82.7 Å². The molecule has 0 saturated heterocycles. The summed E-state index contributed by atoms with van der Waals surface area (Å²) in [5, 5.41) is 12.2. The van der Waals surface area contributed by atoms with E-state index in [9.17, 15) is 4.79 Å². The zero-order chi connectivity index (χ0) is 12.1. The molecule has 3 N–H and O–H groups in total. The van der Waals surface area contributed by atoms with Crippen molar-refractivity contribution in [3.8, 4) is 0 Å². The molecule has 0 atom stereocenters. The van der Waals surface area contributed by atoms with Crippen molar-refractivity contribution in [3.63, 3.8) is 0 Å². The molecule has 0 aromatic carbocycles. The van der Waals surface area contributed by atoms with Crippen molar-refractivity contribution < 1.29 is 4.79 Å². The molecule has 0 bridgehead atoms. The monoisotopic (exact) mass is 231 g/mol. The van der Waals surface area contributed by atoms with Gasteiger partial charge in [0.1, 0.15) is 0 Å². The van der Waals surface area contributed by atoms with Crippen LogP contribution in [0.3, 0.4) is 0 Å². The number of amides is 1. The third-order valence-corrected chi connectivity index (χ3v) is 2.34. The Morgan fingerprint density at radius 3 is 3.06 bits per heavy atom. The average molecular weight is 231 g/mol. The summed E-state index contributed by atoms with van der Waals surface area (Å²) >= 11 is 0. The lowest BCUT2D eigenvalue weighted by atomic mass is 10.2. The van der Waals surface area contributed by atoms with E-state index in [0.717, 1.165) is 11.3 Å². The van der Waals surface area contributed by atoms with Crippen molar-refractivity contribution in [1.29, 1.82) is 0 Å². The van der Waals surface area contributed by atoms with Gasteiger partial charge in [-0.25, -0.2) is 0 Å². The van der Waals surface area contributed by atoms with Crippen LogP contribution < -0.4 is 10.6 Å². The fourth-order valence-corrected chi connectivity index (χ4v) is 1.45. The highest BCUT2D eigenvalue weighted by molar-refractivity contribution is 5.99. The molecule has 0 aliphatic heterocycles. The summed E-state index contributed by atoms with van der Waals surface area (Å²) in [6.45, 7) is 0.438. The van der Waals surface area contributed by atoms with Crippen LogP contribution >= 0.6 is 0 Å². The van der Waals surface area contributed by atoms with Gasteiger partial charge in [0.25, 0.3) is 5.91 Å². The highest BCUT2D eigenvalue weighted by Gasteiger charge is 2.10. The first-order valence-corrected chi connectivity index (χ1v) is 5.19. The Hall–Kier alpha value is -2.37. The van der Waals surface area contributed by atoms with Crippen molar-refractivity contribution in [1.82, 2.24) is 20.5 Å². The van der Waals surface area contributed by atoms with Gasteiger partial charge in [0.05, 0.1) is 11.8 Å². The molecular weight excluding hydrogens is 218 g/mol. The molecule has 0 aliphatic rings. The molecule has 6 heteroatoms. The second-order valence-electron chi connectivity index (χ2n) is 3.46. The van der Waals surface area contributed by atoms with Crippen molar-refractivity contribution in [2.24, 2.45) is 0 Å². The number of nitrogens with zero attached hydrogens (tertiary/aromatic N) is 2. The van der Waals surface area contributed by atoms with Crippen LogP contribution in [0.2, 0.25) is 0 Å². The highest BCUT2D eigenvalue weighted by Crippen LogP contribution is 2.12. The molecule has 0 unspecified atom stereocenters. The molecule has 0 saturated carbocycles. The molecule has 17 heavy (non-hydrogen) atoms. The molecule has 0 aliphatic carbocycles. The van der Waals surface area contributed by atoms with E-state index in [0.29, 0.717) is 12.1 Å². The number of rotatable bonds is 4. The Balaban J connectivity index is 2.04. The van der Waals surface area contributed by atoms with E-state index in [4.69, 9.17) is 0 Å². The SMILES string of the molecule is CNc1ccncc1C(=O)NCc1cn[nH]c1. The lowest BCUT2D eigenvalue weighted by Crippen LogP contribution is -2.23. The molecule has 0 fully saturated rings. The van der Waals surface area contributed by atoms with Gasteiger partial charge >= 0.3 is 0 Å². The molecule has 88 valence electrons. The molecule has 0 spiro atoms. The van der Waals surface area contributed by atoms with Crippen LogP contribution in [0, 0.1) is 0 Å². The van der Waals surface area contributed by atoms with E-state index >= 15 is 0 Å². The van der Waals surface area contributed by atoms with E-state index in [1.54, 1.807) is 31.7 Å². The number of aromatic nitrogens is 3. The van der Waals surface area contributed by atoms with Crippen LogP contribution in [0.25, 0.3) is 0 Å². The molecule has 0 radical (unpaired) electrons. The number of H-pyrrole nitrogens is 1. The molecule has 6 nitrogen and oxygen atoms in total.